The van der Waals surface area contributed by atoms with Crippen LogP contribution in [0.5, 0.6) is 23.0 Å². The average Bonchev–Trinajstić information content (AvgIpc) is 3.57. The van der Waals surface area contributed by atoms with E-state index in [4.69, 9.17) is 4.74 Å². The standard InChI is InChI=1S/C25H22N10O4/c1-39-19-7-17(37)15(6-18(19)38)9-27-23-21-25(31-11-29-23)35(13-33-21)34-12-32-20-22(28-10-30-24(20)34)26-8-14-4-2-3-5-16(14)36/h2-7,10-13,36-38H,8-9H2,1H3,(H,26,28,30)(H,27,29,31). The van der Waals surface area contributed by atoms with Gasteiger partial charge in [0.05, 0.1) is 7.11 Å². The molecule has 0 fully saturated rings. The number of benzene rings is 2. The summed E-state index contributed by atoms with van der Waals surface area (Å²) >= 11 is 0. The highest BCUT2D eigenvalue weighted by atomic mass is 16.5. The van der Waals surface area contributed by atoms with E-state index in [0.29, 0.717) is 46.1 Å². The van der Waals surface area contributed by atoms with E-state index >= 15 is 0 Å². The van der Waals surface area contributed by atoms with Gasteiger partial charge in [0.2, 0.25) is 0 Å². The van der Waals surface area contributed by atoms with Crippen LogP contribution in [-0.4, -0.2) is 61.7 Å². The average molecular weight is 527 g/mol. The Bertz CT molecular complexity index is 1820. The van der Waals surface area contributed by atoms with E-state index in [2.05, 4.69) is 40.5 Å². The number of nitrogens with zero attached hydrogens (tertiary/aromatic N) is 8. The van der Waals surface area contributed by atoms with Gasteiger partial charge < -0.3 is 30.7 Å². The van der Waals surface area contributed by atoms with Gasteiger partial charge in [0.1, 0.15) is 36.8 Å². The molecule has 0 atom stereocenters. The largest absolute Gasteiger partial charge is 0.508 e. The minimum atomic E-state index is -0.0902. The molecule has 2 aromatic carbocycles. The van der Waals surface area contributed by atoms with Crippen molar-refractivity contribution in [3.8, 4) is 23.0 Å². The Morgan fingerprint density at radius 1 is 0.692 bits per heavy atom. The summed E-state index contributed by atoms with van der Waals surface area (Å²) in [6.45, 7) is 0.513. The number of ether oxygens (including phenoxy) is 1. The first-order valence-electron chi connectivity index (χ1n) is 11.7. The molecule has 6 rings (SSSR count). The predicted octanol–water partition coefficient (Wildman–Crippen LogP) is 2.63. The molecule has 0 aliphatic rings. The highest BCUT2D eigenvalue weighted by Crippen LogP contribution is 2.33. The number of aromatic hydroxyl groups is 3. The molecule has 5 N–H and O–H groups in total. The number of phenolic OH excluding ortho intramolecular Hbond substituents is 3. The first-order valence-corrected chi connectivity index (χ1v) is 11.7. The molecule has 0 amide bonds. The number of methoxy groups -OCH3 is 1. The molecule has 39 heavy (non-hydrogen) atoms. The van der Waals surface area contributed by atoms with Crippen LogP contribution in [0.4, 0.5) is 11.6 Å². The van der Waals surface area contributed by atoms with E-state index in [1.54, 1.807) is 34.1 Å². The Hall–Kier alpha value is -5.66. The van der Waals surface area contributed by atoms with E-state index in [9.17, 15) is 15.3 Å². The molecular formula is C25H22N10O4. The molecule has 0 spiro atoms. The Morgan fingerprint density at radius 3 is 1.87 bits per heavy atom. The van der Waals surface area contributed by atoms with Crippen molar-refractivity contribution in [3.05, 3.63) is 72.8 Å². The first-order chi connectivity index (χ1) is 19.0. The van der Waals surface area contributed by atoms with Gasteiger partial charge in [0.15, 0.2) is 45.5 Å². The SMILES string of the molecule is COc1cc(O)c(CNc2ncnc3c2ncn3-n2cnc3c(NCc4ccccc4O)ncnc32)cc1O. The minimum absolute atomic E-state index is 0.0376. The van der Waals surface area contributed by atoms with Crippen molar-refractivity contribution in [2.75, 3.05) is 17.7 Å². The van der Waals surface area contributed by atoms with E-state index in [-0.39, 0.29) is 29.5 Å². The van der Waals surface area contributed by atoms with Gasteiger partial charge in [0, 0.05) is 30.3 Å². The fourth-order valence-electron chi connectivity index (χ4n) is 4.14. The molecule has 0 unspecified atom stereocenters. The van der Waals surface area contributed by atoms with Crippen molar-refractivity contribution in [1.82, 2.24) is 39.3 Å². The van der Waals surface area contributed by atoms with Crippen LogP contribution in [0.15, 0.2) is 61.7 Å². The lowest BCUT2D eigenvalue weighted by Crippen LogP contribution is -2.09. The third-order valence-corrected chi connectivity index (χ3v) is 6.13. The molecule has 4 heterocycles. The van der Waals surface area contributed by atoms with Gasteiger partial charge in [0.25, 0.3) is 0 Å². The summed E-state index contributed by atoms with van der Waals surface area (Å²) in [5.41, 5.74) is 3.16. The number of fused-ring (bicyclic) bond motifs is 2. The summed E-state index contributed by atoms with van der Waals surface area (Å²) < 4.78 is 8.38. The number of para-hydroxylation sites is 1. The molecule has 0 radical (unpaired) electrons. The van der Waals surface area contributed by atoms with Gasteiger partial charge in [-0.25, -0.2) is 39.3 Å². The molecule has 6 aromatic rings. The Kier molecular flexibility index (Phi) is 5.88. The van der Waals surface area contributed by atoms with E-state index in [1.165, 1.54) is 31.9 Å². The Labute approximate surface area is 220 Å². The number of rotatable bonds is 8. The molecule has 4 aromatic heterocycles. The topological polar surface area (TPSA) is 181 Å². The maximum atomic E-state index is 10.3. The fourth-order valence-corrected chi connectivity index (χ4v) is 4.14. The minimum Gasteiger partial charge on any atom is -0.508 e. The third kappa shape index (κ3) is 4.29. The first kappa shape index (κ1) is 23.7. The number of imidazole rings is 2. The van der Waals surface area contributed by atoms with Crippen molar-refractivity contribution < 1.29 is 20.1 Å². The molecule has 14 nitrogen and oxygen atoms in total. The zero-order valence-corrected chi connectivity index (χ0v) is 20.5. The van der Waals surface area contributed by atoms with E-state index in [0.717, 1.165) is 5.56 Å². The van der Waals surface area contributed by atoms with Crippen molar-refractivity contribution in [2.24, 2.45) is 0 Å². The molecular weight excluding hydrogens is 504 g/mol. The summed E-state index contributed by atoms with van der Waals surface area (Å²) in [6, 6.07) is 9.81. The van der Waals surface area contributed by atoms with Crippen LogP contribution in [0.1, 0.15) is 11.1 Å². The van der Waals surface area contributed by atoms with Crippen LogP contribution in [0, 0.1) is 0 Å². The van der Waals surface area contributed by atoms with Crippen molar-refractivity contribution in [2.45, 2.75) is 13.1 Å². The van der Waals surface area contributed by atoms with Gasteiger partial charge in [-0.2, -0.15) is 0 Å². The second kappa shape index (κ2) is 9.66. The van der Waals surface area contributed by atoms with Crippen LogP contribution in [-0.2, 0) is 13.1 Å². The monoisotopic (exact) mass is 526 g/mol. The zero-order chi connectivity index (χ0) is 26.9. The van der Waals surface area contributed by atoms with Crippen LogP contribution in [0.25, 0.3) is 22.3 Å². The molecule has 0 saturated heterocycles. The quantitative estimate of drug-likeness (QED) is 0.183. The number of hydrogen-bond acceptors (Lipinski definition) is 12. The van der Waals surface area contributed by atoms with Crippen LogP contribution < -0.4 is 15.4 Å². The lowest BCUT2D eigenvalue weighted by Gasteiger charge is -2.11. The lowest BCUT2D eigenvalue weighted by molar-refractivity contribution is 0.367. The van der Waals surface area contributed by atoms with Gasteiger partial charge in [-0.15, -0.1) is 0 Å². The van der Waals surface area contributed by atoms with Crippen molar-refractivity contribution in [3.63, 3.8) is 0 Å². The highest BCUT2D eigenvalue weighted by molar-refractivity contribution is 5.85. The van der Waals surface area contributed by atoms with Gasteiger partial charge >= 0.3 is 0 Å². The number of aromatic nitrogens is 8. The van der Waals surface area contributed by atoms with Crippen LogP contribution >= 0.6 is 0 Å². The van der Waals surface area contributed by atoms with Crippen molar-refractivity contribution in [1.29, 1.82) is 0 Å². The molecule has 0 aliphatic carbocycles. The zero-order valence-electron chi connectivity index (χ0n) is 20.5. The lowest BCUT2D eigenvalue weighted by atomic mass is 10.1. The molecule has 14 heteroatoms. The highest BCUT2D eigenvalue weighted by Gasteiger charge is 2.17. The smallest absolute Gasteiger partial charge is 0.185 e. The Morgan fingerprint density at radius 2 is 1.28 bits per heavy atom. The second-order valence-corrected chi connectivity index (χ2v) is 8.46. The van der Waals surface area contributed by atoms with Gasteiger partial charge in [-0.1, -0.05) is 18.2 Å². The molecule has 196 valence electrons. The summed E-state index contributed by atoms with van der Waals surface area (Å²) in [5, 5.41) is 36.7. The van der Waals surface area contributed by atoms with E-state index in [1.807, 2.05) is 12.1 Å². The summed E-state index contributed by atoms with van der Waals surface area (Å²) in [4.78, 5) is 26.4. The summed E-state index contributed by atoms with van der Waals surface area (Å²) in [6.07, 6.45) is 5.96. The predicted molar refractivity (Wildman–Crippen MR) is 141 cm³/mol. The number of nitrogens with one attached hydrogen (secondary N) is 2. The van der Waals surface area contributed by atoms with E-state index < -0.39 is 0 Å². The summed E-state index contributed by atoms with van der Waals surface area (Å²) in [7, 11) is 1.41. The third-order valence-electron chi connectivity index (χ3n) is 6.13. The maximum Gasteiger partial charge on any atom is 0.185 e. The molecule has 0 saturated carbocycles. The molecule has 0 bridgehead atoms. The van der Waals surface area contributed by atoms with Crippen molar-refractivity contribution >= 4 is 34.0 Å². The van der Waals surface area contributed by atoms with Gasteiger partial charge in [-0.05, 0) is 12.1 Å². The number of anilines is 2. The summed E-state index contributed by atoms with van der Waals surface area (Å²) in [5.74, 6) is 1.17. The van der Waals surface area contributed by atoms with Crippen LogP contribution in [0.3, 0.4) is 0 Å². The van der Waals surface area contributed by atoms with Crippen LogP contribution in [0.2, 0.25) is 0 Å². The second-order valence-electron chi connectivity index (χ2n) is 8.46. The maximum absolute atomic E-state index is 10.3. The molecule has 0 aliphatic heterocycles. The normalized spacial score (nSPS) is 11.2. The number of hydrogen-bond donors (Lipinski definition) is 5. The van der Waals surface area contributed by atoms with Gasteiger partial charge in [-0.3, -0.25) is 0 Å². The fraction of sp³-hybridized carbons (Fsp3) is 0.120. The number of phenols is 3. The Balaban J connectivity index is 1.29.